The van der Waals surface area contributed by atoms with Crippen LogP contribution in [0.3, 0.4) is 0 Å². The molecule has 0 bridgehead atoms. The van der Waals surface area contributed by atoms with Crippen LogP contribution >= 0.6 is 0 Å². The molecule has 3 nitrogen and oxygen atoms in total. The third-order valence-electron chi connectivity index (χ3n) is 5.09. The fraction of sp³-hybridized carbons (Fsp3) is 0.471. The maximum atomic E-state index is 12.9. The molecule has 1 aliphatic heterocycles. The molecule has 2 aliphatic rings. The zero-order valence-electron chi connectivity index (χ0n) is 12.3. The van der Waals surface area contributed by atoms with E-state index >= 15 is 0 Å². The standard InChI is InChI=1S/C17H20N2OS/c1-13-11-17(9-4-10-17)12-19(13)21(20)16-8-7-14-5-2-3-6-15(14)18-16/h2-3,5-8,13H,4,9-12H2,1H3. The molecule has 2 atom stereocenters. The average Bonchev–Trinajstić information content (AvgIpc) is 2.84. The topological polar surface area (TPSA) is 33.2 Å². The van der Waals surface area contributed by atoms with Gasteiger partial charge in [0, 0.05) is 18.0 Å². The van der Waals surface area contributed by atoms with E-state index in [-0.39, 0.29) is 0 Å². The number of hydrogen-bond acceptors (Lipinski definition) is 2. The highest BCUT2D eigenvalue weighted by molar-refractivity contribution is 7.82. The van der Waals surface area contributed by atoms with Gasteiger partial charge in [-0.25, -0.2) is 13.5 Å². The van der Waals surface area contributed by atoms with E-state index in [9.17, 15) is 4.21 Å². The van der Waals surface area contributed by atoms with Crippen molar-refractivity contribution in [1.82, 2.24) is 9.29 Å². The van der Waals surface area contributed by atoms with Crippen LogP contribution in [0, 0.1) is 5.41 Å². The second kappa shape index (κ2) is 4.89. The summed E-state index contributed by atoms with van der Waals surface area (Å²) in [6.07, 6.45) is 5.13. The van der Waals surface area contributed by atoms with Gasteiger partial charge in [0.25, 0.3) is 0 Å². The number of fused-ring (bicyclic) bond motifs is 1. The Bertz CT molecular complexity index is 711. The van der Waals surface area contributed by atoms with Gasteiger partial charge in [0.1, 0.15) is 16.0 Å². The number of hydrogen-bond donors (Lipinski definition) is 0. The van der Waals surface area contributed by atoms with Gasteiger partial charge in [0.05, 0.1) is 5.52 Å². The molecule has 4 rings (SSSR count). The molecule has 2 fully saturated rings. The Hall–Kier alpha value is -1.26. The second-order valence-corrected chi connectivity index (χ2v) is 7.96. The van der Waals surface area contributed by atoms with E-state index in [0.29, 0.717) is 16.5 Å². The van der Waals surface area contributed by atoms with E-state index in [0.717, 1.165) is 17.4 Å². The first kappa shape index (κ1) is 13.4. The third kappa shape index (κ3) is 2.21. The molecule has 1 saturated carbocycles. The van der Waals surface area contributed by atoms with Crippen molar-refractivity contribution in [2.45, 2.75) is 43.7 Å². The molecule has 0 radical (unpaired) electrons. The lowest BCUT2D eigenvalue weighted by atomic mass is 9.68. The van der Waals surface area contributed by atoms with Crippen LogP contribution < -0.4 is 0 Å². The molecule has 2 unspecified atom stereocenters. The summed E-state index contributed by atoms with van der Waals surface area (Å²) in [5.41, 5.74) is 1.37. The Morgan fingerprint density at radius 3 is 2.76 bits per heavy atom. The molecule has 0 N–H and O–H groups in total. The highest BCUT2D eigenvalue weighted by Crippen LogP contribution is 2.50. The van der Waals surface area contributed by atoms with Gasteiger partial charge in [0.15, 0.2) is 0 Å². The lowest BCUT2D eigenvalue weighted by molar-refractivity contribution is 0.153. The first-order chi connectivity index (χ1) is 10.2. The average molecular weight is 300 g/mol. The number of aromatic nitrogens is 1. The smallest absolute Gasteiger partial charge is 0.146 e. The predicted octanol–water partition coefficient (Wildman–Crippen LogP) is 3.52. The van der Waals surface area contributed by atoms with Gasteiger partial charge in [-0.15, -0.1) is 0 Å². The molecule has 1 aliphatic carbocycles. The van der Waals surface area contributed by atoms with Crippen LogP contribution in [-0.4, -0.2) is 26.1 Å². The molecule has 0 amide bonds. The van der Waals surface area contributed by atoms with Crippen molar-refractivity contribution in [2.24, 2.45) is 5.41 Å². The van der Waals surface area contributed by atoms with E-state index in [1.165, 1.54) is 25.7 Å². The fourth-order valence-corrected chi connectivity index (χ4v) is 5.20. The molecule has 1 saturated heterocycles. The molecule has 110 valence electrons. The summed E-state index contributed by atoms with van der Waals surface area (Å²) in [5.74, 6) is 0. The van der Waals surface area contributed by atoms with Crippen molar-refractivity contribution in [1.29, 1.82) is 0 Å². The molecule has 2 heterocycles. The molecule has 21 heavy (non-hydrogen) atoms. The van der Waals surface area contributed by atoms with Gasteiger partial charge in [-0.05, 0) is 49.8 Å². The minimum absolute atomic E-state index is 0.388. The number of benzene rings is 1. The minimum Gasteiger partial charge on any atom is -0.237 e. The lowest BCUT2D eigenvalue weighted by Crippen LogP contribution is -2.34. The Morgan fingerprint density at radius 1 is 1.24 bits per heavy atom. The van der Waals surface area contributed by atoms with Crippen LogP contribution in [0.1, 0.15) is 32.6 Å². The van der Waals surface area contributed by atoms with Crippen LogP contribution in [0.5, 0.6) is 0 Å². The van der Waals surface area contributed by atoms with E-state index in [4.69, 9.17) is 0 Å². The number of pyridine rings is 1. The summed E-state index contributed by atoms with van der Waals surface area (Å²) in [6.45, 7) is 3.17. The molecular weight excluding hydrogens is 280 g/mol. The maximum absolute atomic E-state index is 12.9. The first-order valence-electron chi connectivity index (χ1n) is 7.71. The molecule has 1 spiro atoms. The maximum Gasteiger partial charge on any atom is 0.146 e. The van der Waals surface area contributed by atoms with E-state index in [1.807, 2.05) is 36.4 Å². The highest BCUT2D eigenvalue weighted by Gasteiger charge is 2.48. The second-order valence-electron chi connectivity index (χ2n) is 6.57. The number of para-hydroxylation sites is 1. The zero-order valence-corrected chi connectivity index (χ0v) is 13.1. The highest BCUT2D eigenvalue weighted by atomic mass is 32.2. The molecule has 2 aromatic rings. The van der Waals surface area contributed by atoms with Crippen molar-refractivity contribution in [2.75, 3.05) is 6.54 Å². The van der Waals surface area contributed by atoms with Gasteiger partial charge in [-0.1, -0.05) is 24.6 Å². The Morgan fingerprint density at radius 2 is 2.05 bits per heavy atom. The summed E-state index contributed by atoms with van der Waals surface area (Å²) in [4.78, 5) is 4.60. The Kier molecular flexibility index (Phi) is 3.12. The minimum atomic E-state index is -1.14. The van der Waals surface area contributed by atoms with Gasteiger partial charge < -0.3 is 0 Å². The molecule has 4 heteroatoms. The SMILES string of the molecule is CC1CC2(CCC2)CN1S(=O)c1ccc2ccccc2n1. The van der Waals surface area contributed by atoms with Crippen LogP contribution in [-0.2, 0) is 11.0 Å². The van der Waals surface area contributed by atoms with Gasteiger partial charge >= 0.3 is 0 Å². The first-order valence-corrected chi connectivity index (χ1v) is 8.82. The van der Waals surface area contributed by atoms with Gasteiger partial charge in [-0.3, -0.25) is 0 Å². The van der Waals surface area contributed by atoms with Crippen molar-refractivity contribution >= 4 is 21.9 Å². The predicted molar refractivity (Wildman–Crippen MR) is 85.2 cm³/mol. The molecule has 1 aromatic carbocycles. The Balaban J connectivity index is 1.63. The van der Waals surface area contributed by atoms with Crippen LogP contribution in [0.4, 0.5) is 0 Å². The van der Waals surface area contributed by atoms with E-state index in [1.54, 1.807) is 0 Å². The lowest BCUT2D eigenvalue weighted by Gasteiger charge is -2.37. The van der Waals surface area contributed by atoms with E-state index in [2.05, 4.69) is 16.2 Å². The van der Waals surface area contributed by atoms with Gasteiger partial charge in [0.2, 0.25) is 0 Å². The monoisotopic (exact) mass is 300 g/mol. The zero-order chi connectivity index (χ0) is 14.4. The summed E-state index contributed by atoms with van der Waals surface area (Å²) in [5, 5.41) is 1.79. The van der Waals surface area contributed by atoms with Gasteiger partial charge in [-0.2, -0.15) is 0 Å². The Labute approximate surface area is 128 Å². The number of nitrogens with zero attached hydrogens (tertiary/aromatic N) is 2. The quantitative estimate of drug-likeness (QED) is 0.850. The van der Waals surface area contributed by atoms with Crippen LogP contribution in [0.15, 0.2) is 41.4 Å². The third-order valence-corrected chi connectivity index (χ3v) is 6.59. The van der Waals surface area contributed by atoms with Crippen LogP contribution in [0.2, 0.25) is 0 Å². The summed E-state index contributed by atoms with van der Waals surface area (Å²) in [6, 6.07) is 12.3. The van der Waals surface area contributed by atoms with Crippen molar-refractivity contribution in [3.63, 3.8) is 0 Å². The van der Waals surface area contributed by atoms with Crippen molar-refractivity contribution < 1.29 is 4.21 Å². The summed E-state index contributed by atoms with van der Waals surface area (Å²) < 4.78 is 15.1. The fourth-order valence-electron chi connectivity index (χ4n) is 3.81. The molecule has 1 aromatic heterocycles. The normalized spacial score (nSPS) is 26.0. The van der Waals surface area contributed by atoms with Crippen LogP contribution in [0.25, 0.3) is 10.9 Å². The van der Waals surface area contributed by atoms with Crippen molar-refractivity contribution in [3.8, 4) is 0 Å². The number of rotatable bonds is 2. The van der Waals surface area contributed by atoms with E-state index < -0.39 is 11.0 Å². The summed E-state index contributed by atoms with van der Waals surface area (Å²) >= 11 is 0. The molecular formula is C17H20N2OS. The van der Waals surface area contributed by atoms with Crippen molar-refractivity contribution in [3.05, 3.63) is 36.4 Å². The largest absolute Gasteiger partial charge is 0.237 e. The summed E-state index contributed by atoms with van der Waals surface area (Å²) in [7, 11) is -1.14.